The van der Waals surface area contributed by atoms with Crippen LogP contribution in [0.4, 0.5) is 10.1 Å². The summed E-state index contributed by atoms with van der Waals surface area (Å²) in [5.74, 6) is -0.350. The number of allylic oxidation sites excluding steroid dienone is 1. The molecule has 1 fully saturated rings. The number of aromatic nitrogens is 2. The van der Waals surface area contributed by atoms with Crippen molar-refractivity contribution in [1.29, 1.82) is 5.41 Å². The molecule has 1 aromatic carbocycles. The van der Waals surface area contributed by atoms with Gasteiger partial charge in [0.2, 0.25) is 0 Å². The molecular formula is C26H26Cl2FN5O2. The Morgan fingerprint density at radius 3 is 2.58 bits per heavy atom. The summed E-state index contributed by atoms with van der Waals surface area (Å²) in [4.78, 5) is 10.6. The van der Waals surface area contributed by atoms with Gasteiger partial charge in [-0.1, -0.05) is 29.3 Å². The zero-order valence-electron chi connectivity index (χ0n) is 19.7. The number of nitrogens with two attached hydrogens (primary N) is 1. The maximum atomic E-state index is 15.0. The fraction of sp³-hybridized carbons (Fsp3) is 0.269. The highest BCUT2D eigenvalue weighted by atomic mass is 35.5. The van der Waals surface area contributed by atoms with E-state index in [1.807, 2.05) is 6.07 Å². The number of hydrogen-bond acceptors (Lipinski definition) is 7. The van der Waals surface area contributed by atoms with Crippen molar-refractivity contribution >= 4 is 40.7 Å². The van der Waals surface area contributed by atoms with Gasteiger partial charge in [-0.05, 0) is 42.8 Å². The molecule has 3 aromatic rings. The van der Waals surface area contributed by atoms with Crippen molar-refractivity contribution in [2.24, 2.45) is 0 Å². The average molecular weight is 530 g/mol. The number of anilines is 1. The van der Waals surface area contributed by atoms with Gasteiger partial charge in [-0.25, -0.2) is 4.39 Å². The van der Waals surface area contributed by atoms with Crippen LogP contribution in [0.3, 0.4) is 0 Å². The first kappa shape index (κ1) is 26.0. The number of benzene rings is 1. The molecule has 0 saturated carbocycles. The lowest BCUT2D eigenvalue weighted by atomic mass is 10.0. The van der Waals surface area contributed by atoms with E-state index < -0.39 is 11.9 Å². The van der Waals surface area contributed by atoms with Crippen LogP contribution in [0.5, 0.6) is 5.75 Å². The Kier molecular flexibility index (Phi) is 8.53. The second kappa shape index (κ2) is 11.8. The second-order valence-electron chi connectivity index (χ2n) is 8.36. The third kappa shape index (κ3) is 6.39. The molecule has 1 saturated heterocycles. The molecule has 4 rings (SSSR count). The molecule has 3 N–H and O–H groups in total. The van der Waals surface area contributed by atoms with Crippen LogP contribution in [-0.4, -0.2) is 46.9 Å². The molecular weight excluding hydrogens is 504 g/mol. The van der Waals surface area contributed by atoms with E-state index in [1.54, 1.807) is 31.3 Å². The lowest BCUT2D eigenvalue weighted by Gasteiger charge is -2.26. The molecule has 3 heterocycles. The van der Waals surface area contributed by atoms with Gasteiger partial charge >= 0.3 is 0 Å². The number of nitrogen functional groups attached to an aromatic ring is 1. The van der Waals surface area contributed by atoms with Crippen molar-refractivity contribution in [3.8, 4) is 5.75 Å². The molecule has 0 bridgehead atoms. The van der Waals surface area contributed by atoms with Crippen molar-refractivity contribution < 1.29 is 13.9 Å². The Morgan fingerprint density at radius 1 is 1.19 bits per heavy atom. The van der Waals surface area contributed by atoms with Gasteiger partial charge in [-0.3, -0.25) is 20.3 Å². The maximum absolute atomic E-state index is 15.0. The fourth-order valence-corrected chi connectivity index (χ4v) is 4.52. The standard InChI is InChI=1S/C26H26Cl2FN5O2/c1-16(25-21(27)13-32-14-22(25)28)36-19-4-5-24(30)20(11-19)26(31)23(29)10-17-2-3-18(33-12-17)15-34-6-8-35-9-7-34/h2-5,10-14,16,31H,6-9,15,30H2,1H3/b23-10-,31-26?. The number of hydrogen-bond donors (Lipinski definition) is 2. The molecule has 0 aliphatic carbocycles. The molecule has 1 aliphatic heterocycles. The predicted molar refractivity (Wildman–Crippen MR) is 140 cm³/mol. The molecule has 0 amide bonds. The SMILES string of the molecule is CC(Oc1ccc(N)c(C(=N)/C(F)=C/c2ccc(CN3CCOCC3)nc2)c1)c1c(Cl)cncc1Cl. The molecule has 0 spiro atoms. The first-order valence-electron chi connectivity index (χ1n) is 11.4. The first-order chi connectivity index (χ1) is 17.3. The summed E-state index contributed by atoms with van der Waals surface area (Å²) in [6.07, 6.45) is 5.31. The molecule has 36 heavy (non-hydrogen) atoms. The number of pyridine rings is 2. The second-order valence-corrected chi connectivity index (χ2v) is 9.18. The van der Waals surface area contributed by atoms with E-state index in [0.29, 0.717) is 46.7 Å². The lowest BCUT2D eigenvalue weighted by molar-refractivity contribution is 0.0336. The highest BCUT2D eigenvalue weighted by Gasteiger charge is 2.18. The van der Waals surface area contributed by atoms with Crippen LogP contribution < -0.4 is 10.5 Å². The van der Waals surface area contributed by atoms with Gasteiger partial charge in [0.1, 0.15) is 17.7 Å². The van der Waals surface area contributed by atoms with E-state index in [9.17, 15) is 0 Å². The Balaban J connectivity index is 1.47. The summed E-state index contributed by atoms with van der Waals surface area (Å²) >= 11 is 12.4. The van der Waals surface area contributed by atoms with Crippen LogP contribution in [0.1, 0.15) is 35.4 Å². The maximum Gasteiger partial charge on any atom is 0.149 e. The Hall–Kier alpha value is -3.04. The van der Waals surface area contributed by atoms with Gasteiger partial charge in [0, 0.05) is 55.0 Å². The number of ether oxygens (including phenoxy) is 2. The number of nitrogens with one attached hydrogen (secondary N) is 1. The third-order valence-electron chi connectivity index (χ3n) is 5.77. The summed E-state index contributed by atoms with van der Waals surface area (Å²) < 4.78 is 26.4. The van der Waals surface area contributed by atoms with E-state index >= 15 is 4.39 Å². The zero-order valence-corrected chi connectivity index (χ0v) is 21.2. The minimum atomic E-state index is -0.741. The smallest absolute Gasteiger partial charge is 0.149 e. The average Bonchev–Trinajstić information content (AvgIpc) is 2.86. The lowest BCUT2D eigenvalue weighted by Crippen LogP contribution is -2.35. The molecule has 2 aromatic heterocycles. The van der Waals surface area contributed by atoms with Crippen LogP contribution in [0.2, 0.25) is 10.0 Å². The molecule has 1 aliphatic rings. The van der Waals surface area contributed by atoms with Crippen molar-refractivity contribution in [2.75, 3.05) is 32.0 Å². The van der Waals surface area contributed by atoms with E-state index in [4.69, 9.17) is 43.8 Å². The number of morpholine rings is 1. The van der Waals surface area contributed by atoms with E-state index in [2.05, 4.69) is 14.9 Å². The highest BCUT2D eigenvalue weighted by Crippen LogP contribution is 2.33. The van der Waals surface area contributed by atoms with Crippen molar-refractivity contribution in [3.05, 3.63) is 87.2 Å². The van der Waals surface area contributed by atoms with Crippen LogP contribution in [0, 0.1) is 5.41 Å². The first-order valence-corrected chi connectivity index (χ1v) is 12.1. The van der Waals surface area contributed by atoms with Crippen LogP contribution in [0.15, 0.2) is 54.7 Å². The minimum absolute atomic E-state index is 0.206. The van der Waals surface area contributed by atoms with Gasteiger partial charge < -0.3 is 15.2 Å². The van der Waals surface area contributed by atoms with Gasteiger partial charge in [-0.2, -0.15) is 0 Å². The normalized spacial score (nSPS) is 15.5. The molecule has 188 valence electrons. The summed E-state index contributed by atoms with van der Waals surface area (Å²) in [7, 11) is 0. The third-order valence-corrected chi connectivity index (χ3v) is 6.38. The minimum Gasteiger partial charge on any atom is -0.486 e. The van der Waals surface area contributed by atoms with Crippen LogP contribution >= 0.6 is 23.2 Å². The number of halogens is 3. The monoisotopic (exact) mass is 529 g/mol. The molecule has 7 nitrogen and oxygen atoms in total. The quantitative estimate of drug-likeness (QED) is 0.286. The summed E-state index contributed by atoms with van der Waals surface area (Å²) in [5.41, 5.74) is 8.17. The molecule has 10 heteroatoms. The predicted octanol–water partition coefficient (Wildman–Crippen LogP) is 5.72. The zero-order chi connectivity index (χ0) is 25.7. The van der Waals surface area contributed by atoms with Crippen molar-refractivity contribution in [3.63, 3.8) is 0 Å². The molecule has 1 unspecified atom stereocenters. The number of nitrogens with zero attached hydrogens (tertiary/aromatic N) is 3. The fourth-order valence-electron chi connectivity index (χ4n) is 3.85. The summed E-state index contributed by atoms with van der Waals surface area (Å²) in [6.45, 7) is 5.65. The van der Waals surface area contributed by atoms with E-state index in [0.717, 1.165) is 18.8 Å². The Bertz CT molecular complexity index is 1240. The van der Waals surface area contributed by atoms with E-state index in [-0.39, 0.29) is 17.0 Å². The van der Waals surface area contributed by atoms with Crippen LogP contribution in [-0.2, 0) is 11.3 Å². The van der Waals surface area contributed by atoms with Crippen molar-refractivity contribution in [2.45, 2.75) is 19.6 Å². The molecule has 1 atom stereocenters. The Labute approximate surface area is 219 Å². The van der Waals surface area contributed by atoms with Gasteiger partial charge in [0.25, 0.3) is 0 Å². The van der Waals surface area contributed by atoms with Gasteiger partial charge in [0.05, 0.1) is 34.7 Å². The summed E-state index contributed by atoms with van der Waals surface area (Å²) in [5, 5.41) is 9.13. The van der Waals surface area contributed by atoms with E-state index in [1.165, 1.54) is 24.5 Å². The van der Waals surface area contributed by atoms with Crippen LogP contribution in [0.25, 0.3) is 6.08 Å². The number of rotatable bonds is 8. The Morgan fingerprint density at radius 2 is 1.92 bits per heavy atom. The highest BCUT2D eigenvalue weighted by molar-refractivity contribution is 6.35. The van der Waals surface area contributed by atoms with Crippen molar-refractivity contribution in [1.82, 2.24) is 14.9 Å². The van der Waals surface area contributed by atoms with Gasteiger partial charge in [0.15, 0.2) is 0 Å². The molecule has 0 radical (unpaired) electrons. The van der Waals surface area contributed by atoms with Gasteiger partial charge in [-0.15, -0.1) is 0 Å². The largest absolute Gasteiger partial charge is 0.486 e. The summed E-state index contributed by atoms with van der Waals surface area (Å²) in [6, 6.07) is 8.37. The topological polar surface area (TPSA) is 97.4 Å².